The quantitative estimate of drug-likeness (QED) is 0.497. The van der Waals surface area contributed by atoms with E-state index < -0.39 is 0 Å². The number of nitrogens with zero attached hydrogens (tertiary/aromatic N) is 1. The first-order valence-corrected chi connectivity index (χ1v) is 1.44. The topological polar surface area (TPSA) is 28.7 Å². The number of hydrogen-bond acceptors (Lipinski definition) is 1. The molecular weight excluding hydrogens is 119 g/mol. The fourth-order valence-electron chi connectivity index (χ4n) is 0.215. The summed E-state index contributed by atoms with van der Waals surface area (Å²) in [6, 6.07) is 1.83. The summed E-state index contributed by atoms with van der Waals surface area (Å²) >= 11 is 0. The van der Waals surface area contributed by atoms with E-state index in [1.54, 1.807) is 12.4 Å². The van der Waals surface area contributed by atoms with Crippen molar-refractivity contribution in [2.24, 2.45) is 0 Å². The Bertz CT molecular complexity index is 65.3. The molecule has 0 aromatic carbocycles. The Labute approximate surface area is 46.4 Å². The van der Waals surface area contributed by atoms with Crippen molar-refractivity contribution in [2.75, 3.05) is 0 Å². The van der Waals surface area contributed by atoms with Crippen LogP contribution in [0, 0.1) is 0 Å². The molecule has 0 amide bonds. The molecule has 0 aliphatic heterocycles. The van der Waals surface area contributed by atoms with Crippen molar-refractivity contribution in [3.8, 4) is 0 Å². The second-order valence-corrected chi connectivity index (χ2v) is 0.766. The van der Waals surface area contributed by atoms with Crippen molar-refractivity contribution >= 4 is 0 Å². The fourth-order valence-corrected chi connectivity index (χ4v) is 0.215. The summed E-state index contributed by atoms with van der Waals surface area (Å²) in [5.74, 6) is 0. The molecule has 1 rings (SSSR count). The van der Waals surface area contributed by atoms with E-state index in [9.17, 15) is 0 Å². The number of nitrogens with one attached hydrogen (secondary N) is 1. The molecule has 0 aliphatic rings. The maximum absolute atomic E-state index is 3.60. The van der Waals surface area contributed by atoms with Gasteiger partial charge in [-0.2, -0.15) is 5.10 Å². The molecule has 1 aromatic rings. The number of aromatic nitrogens is 2. The Kier molecular flexibility index (Phi) is 2.81. The Hall–Kier alpha value is -0.271. The van der Waals surface area contributed by atoms with E-state index in [0.29, 0.717) is 0 Å². The van der Waals surface area contributed by atoms with Crippen LogP contribution < -0.4 is 0 Å². The molecule has 1 N–H and O–H groups in total. The summed E-state index contributed by atoms with van der Waals surface area (Å²) in [5, 5.41) is 6.21. The van der Waals surface area contributed by atoms with E-state index in [2.05, 4.69) is 10.2 Å². The monoisotopic (exact) mass is 123 g/mol. The van der Waals surface area contributed by atoms with Crippen LogP contribution in [-0.4, -0.2) is 10.2 Å². The summed E-state index contributed by atoms with van der Waals surface area (Å²) in [6.07, 6.45) is 3.46. The van der Waals surface area contributed by atoms with Gasteiger partial charge in [0.05, 0.1) is 0 Å². The number of aromatic amines is 1. The van der Waals surface area contributed by atoms with E-state index in [-0.39, 0.29) is 17.1 Å². The van der Waals surface area contributed by atoms with Gasteiger partial charge in [-0.05, 0) is 6.07 Å². The minimum atomic E-state index is 0. The van der Waals surface area contributed by atoms with Gasteiger partial charge < -0.3 is 0 Å². The van der Waals surface area contributed by atoms with E-state index in [1.807, 2.05) is 6.07 Å². The molecule has 33 valence electrons. The molecule has 0 unspecified atom stereocenters. The predicted octanol–water partition coefficient (Wildman–Crippen LogP) is 0.407. The van der Waals surface area contributed by atoms with Crippen molar-refractivity contribution in [2.45, 2.75) is 0 Å². The Morgan fingerprint density at radius 3 is 2.50 bits per heavy atom. The largest absolute Gasteiger partial charge is 0.286 e. The van der Waals surface area contributed by atoms with Gasteiger partial charge in [-0.3, -0.25) is 5.10 Å². The standard InChI is InChI=1S/C3H4N2.Mn/c1-2-4-5-3-1;/h1-3H,(H,4,5);. The van der Waals surface area contributed by atoms with Gasteiger partial charge in [-0.15, -0.1) is 0 Å². The SMILES string of the molecule is [Mn].c1cn[nH]c1. The fraction of sp³-hybridized carbons (Fsp3) is 0. The maximum Gasteiger partial charge on any atom is 0.0487 e. The molecule has 3 heteroatoms. The minimum Gasteiger partial charge on any atom is -0.286 e. The molecule has 0 spiro atoms. The number of H-pyrrole nitrogens is 1. The molecule has 2 nitrogen and oxygen atoms in total. The Morgan fingerprint density at radius 1 is 1.50 bits per heavy atom. The van der Waals surface area contributed by atoms with Crippen LogP contribution in [0.25, 0.3) is 0 Å². The molecule has 1 aromatic heterocycles. The molecule has 0 saturated carbocycles. The van der Waals surface area contributed by atoms with E-state index in [1.165, 1.54) is 0 Å². The van der Waals surface area contributed by atoms with Crippen molar-refractivity contribution in [3.05, 3.63) is 18.5 Å². The zero-order chi connectivity index (χ0) is 3.54. The van der Waals surface area contributed by atoms with Gasteiger partial charge in [0.1, 0.15) is 0 Å². The Balaban J connectivity index is 0.000000250. The zero-order valence-electron chi connectivity index (χ0n) is 3.06. The van der Waals surface area contributed by atoms with Crippen LogP contribution in [0.4, 0.5) is 0 Å². The third-order valence-electron chi connectivity index (χ3n) is 0.406. The number of hydrogen-bond donors (Lipinski definition) is 1. The van der Waals surface area contributed by atoms with Crippen LogP contribution in [0.3, 0.4) is 0 Å². The van der Waals surface area contributed by atoms with Crippen molar-refractivity contribution in [1.82, 2.24) is 10.2 Å². The number of rotatable bonds is 0. The molecule has 0 saturated heterocycles. The minimum absolute atomic E-state index is 0. The maximum atomic E-state index is 3.60. The van der Waals surface area contributed by atoms with Gasteiger partial charge in [0.15, 0.2) is 0 Å². The molecule has 1 radical (unpaired) electrons. The molecule has 0 atom stereocenters. The molecule has 0 aliphatic carbocycles. The van der Waals surface area contributed by atoms with Crippen LogP contribution in [0.5, 0.6) is 0 Å². The summed E-state index contributed by atoms with van der Waals surface area (Å²) in [5.41, 5.74) is 0. The van der Waals surface area contributed by atoms with Crippen LogP contribution in [0.2, 0.25) is 0 Å². The first kappa shape index (κ1) is 5.73. The molecular formula is C3H4MnN2. The summed E-state index contributed by atoms with van der Waals surface area (Å²) in [7, 11) is 0. The van der Waals surface area contributed by atoms with Gasteiger partial charge in [0, 0.05) is 29.5 Å². The predicted molar refractivity (Wildman–Crippen MR) is 18.6 cm³/mol. The first-order valence-electron chi connectivity index (χ1n) is 1.44. The van der Waals surface area contributed by atoms with Crippen LogP contribution in [0.1, 0.15) is 0 Å². The molecule has 0 bridgehead atoms. The van der Waals surface area contributed by atoms with Crippen molar-refractivity contribution in [3.63, 3.8) is 0 Å². The van der Waals surface area contributed by atoms with Gasteiger partial charge in [-0.1, -0.05) is 0 Å². The average molecular weight is 123 g/mol. The third kappa shape index (κ3) is 1.24. The van der Waals surface area contributed by atoms with Crippen LogP contribution in [0.15, 0.2) is 18.5 Å². The molecule has 0 fully saturated rings. The van der Waals surface area contributed by atoms with E-state index in [4.69, 9.17) is 0 Å². The average Bonchev–Trinajstić information content (AvgIpc) is 1.76. The smallest absolute Gasteiger partial charge is 0.0487 e. The summed E-state index contributed by atoms with van der Waals surface area (Å²) in [6.45, 7) is 0. The van der Waals surface area contributed by atoms with E-state index >= 15 is 0 Å². The van der Waals surface area contributed by atoms with Crippen LogP contribution >= 0.6 is 0 Å². The van der Waals surface area contributed by atoms with Gasteiger partial charge >= 0.3 is 0 Å². The van der Waals surface area contributed by atoms with Gasteiger partial charge in [-0.25, -0.2) is 0 Å². The Morgan fingerprint density at radius 2 is 2.33 bits per heavy atom. The van der Waals surface area contributed by atoms with Gasteiger partial charge in [0.2, 0.25) is 0 Å². The third-order valence-corrected chi connectivity index (χ3v) is 0.406. The van der Waals surface area contributed by atoms with E-state index in [0.717, 1.165) is 0 Å². The van der Waals surface area contributed by atoms with Crippen molar-refractivity contribution in [1.29, 1.82) is 0 Å². The molecule has 6 heavy (non-hydrogen) atoms. The summed E-state index contributed by atoms with van der Waals surface area (Å²) < 4.78 is 0. The zero-order valence-corrected chi connectivity index (χ0v) is 4.24. The van der Waals surface area contributed by atoms with Gasteiger partial charge in [0.25, 0.3) is 0 Å². The summed E-state index contributed by atoms with van der Waals surface area (Å²) in [4.78, 5) is 0. The van der Waals surface area contributed by atoms with Crippen LogP contribution in [-0.2, 0) is 17.1 Å². The van der Waals surface area contributed by atoms with Crippen molar-refractivity contribution < 1.29 is 17.1 Å². The first-order chi connectivity index (χ1) is 2.50. The molecule has 1 heterocycles. The second-order valence-electron chi connectivity index (χ2n) is 0.766. The second kappa shape index (κ2) is 2.94. The normalized spacial score (nSPS) is 6.67.